The number of esters is 1. The maximum Gasteiger partial charge on any atom is 0.508 e. The smallest absolute Gasteiger partial charge is 0.463 e. The number of hydrogen-bond acceptors (Lipinski definition) is 5. The van der Waals surface area contributed by atoms with Crippen molar-refractivity contribution in [1.29, 1.82) is 0 Å². The van der Waals surface area contributed by atoms with Crippen LogP contribution in [0.4, 0.5) is 4.79 Å². The number of fused-ring (bicyclic) bond motifs is 5. The molecule has 5 nitrogen and oxygen atoms in total. The van der Waals surface area contributed by atoms with E-state index in [1.807, 2.05) is 13.8 Å². The molecule has 0 unspecified atom stereocenters. The van der Waals surface area contributed by atoms with E-state index < -0.39 is 12.3 Å². The molecule has 3 rings (SSSR count). The summed E-state index contributed by atoms with van der Waals surface area (Å²) in [6, 6.07) is 0. The highest BCUT2D eigenvalue weighted by Crippen LogP contribution is 2.64. The zero-order chi connectivity index (χ0) is 15.9. The summed E-state index contributed by atoms with van der Waals surface area (Å²) in [6.45, 7) is 6.03. The van der Waals surface area contributed by atoms with Gasteiger partial charge in [-0.25, -0.2) is 9.59 Å². The maximum absolute atomic E-state index is 12.3. The Morgan fingerprint density at radius 1 is 1.09 bits per heavy atom. The second-order valence-electron chi connectivity index (χ2n) is 6.42. The molecule has 2 fully saturated rings. The fourth-order valence-corrected chi connectivity index (χ4v) is 4.74. The van der Waals surface area contributed by atoms with Crippen LogP contribution in [0.5, 0.6) is 0 Å². The molecule has 3 aliphatic carbocycles. The van der Waals surface area contributed by atoms with Crippen LogP contribution in [0.25, 0.3) is 0 Å². The van der Waals surface area contributed by atoms with Gasteiger partial charge in [0.15, 0.2) is 0 Å². The van der Waals surface area contributed by atoms with E-state index in [2.05, 4.69) is 0 Å². The van der Waals surface area contributed by atoms with Crippen LogP contribution in [0, 0.1) is 23.7 Å². The number of ether oxygens (including phenoxy) is 3. The van der Waals surface area contributed by atoms with Gasteiger partial charge in [0.2, 0.25) is 0 Å². The molecule has 0 aromatic carbocycles. The van der Waals surface area contributed by atoms with E-state index in [9.17, 15) is 9.59 Å². The topological polar surface area (TPSA) is 61.8 Å². The summed E-state index contributed by atoms with van der Waals surface area (Å²) in [5, 5.41) is 0. The molecule has 5 atom stereocenters. The Kier molecular flexibility index (Phi) is 4.15. The monoisotopic (exact) mass is 308 g/mol. The Morgan fingerprint density at radius 3 is 2.36 bits per heavy atom. The van der Waals surface area contributed by atoms with Crippen molar-refractivity contribution in [2.75, 3.05) is 13.2 Å². The van der Waals surface area contributed by atoms with Gasteiger partial charge >= 0.3 is 12.1 Å². The quantitative estimate of drug-likeness (QED) is 0.730. The molecule has 22 heavy (non-hydrogen) atoms. The van der Waals surface area contributed by atoms with Gasteiger partial charge in [-0.1, -0.05) is 0 Å². The first-order chi connectivity index (χ1) is 10.6. The second-order valence-corrected chi connectivity index (χ2v) is 6.42. The SMILES string of the molecule is CCOC(=O)O[C@@H](C)C1=C(C(=O)OCC)[C@H]2[C@@H]3CC[C@@H](C3)[C@@H]12. The minimum Gasteiger partial charge on any atom is -0.463 e. The minimum atomic E-state index is -0.669. The van der Waals surface area contributed by atoms with Crippen LogP contribution in [-0.2, 0) is 19.0 Å². The van der Waals surface area contributed by atoms with E-state index in [1.54, 1.807) is 6.92 Å². The molecule has 0 aliphatic heterocycles. The first kappa shape index (κ1) is 15.4. The second kappa shape index (κ2) is 5.94. The molecule has 0 aromatic rings. The lowest BCUT2D eigenvalue weighted by molar-refractivity contribution is -0.140. The van der Waals surface area contributed by atoms with E-state index in [0.29, 0.717) is 30.3 Å². The van der Waals surface area contributed by atoms with Gasteiger partial charge in [-0.3, -0.25) is 0 Å². The van der Waals surface area contributed by atoms with Crippen LogP contribution in [0.3, 0.4) is 0 Å². The maximum atomic E-state index is 12.3. The summed E-state index contributed by atoms with van der Waals surface area (Å²) >= 11 is 0. The molecule has 0 N–H and O–H groups in total. The highest BCUT2D eigenvalue weighted by molar-refractivity contribution is 5.93. The van der Waals surface area contributed by atoms with Crippen molar-refractivity contribution in [1.82, 2.24) is 0 Å². The van der Waals surface area contributed by atoms with Crippen LogP contribution < -0.4 is 0 Å². The number of rotatable bonds is 5. The van der Waals surface area contributed by atoms with Crippen molar-refractivity contribution in [2.45, 2.75) is 46.1 Å². The highest BCUT2D eigenvalue weighted by atomic mass is 16.7. The molecule has 0 amide bonds. The third-order valence-electron chi connectivity index (χ3n) is 5.39. The third-order valence-corrected chi connectivity index (χ3v) is 5.39. The lowest BCUT2D eigenvalue weighted by Crippen LogP contribution is -2.44. The summed E-state index contributed by atoms with van der Waals surface area (Å²) < 4.78 is 15.4. The highest BCUT2D eigenvalue weighted by Gasteiger charge is 2.60. The summed E-state index contributed by atoms with van der Waals surface area (Å²) in [5.41, 5.74) is 1.75. The molecule has 2 saturated carbocycles. The van der Waals surface area contributed by atoms with Crippen LogP contribution in [-0.4, -0.2) is 31.4 Å². The Hall–Kier alpha value is -1.52. The van der Waals surface area contributed by atoms with E-state index >= 15 is 0 Å². The van der Waals surface area contributed by atoms with E-state index in [0.717, 1.165) is 11.1 Å². The fraction of sp³-hybridized carbons (Fsp3) is 0.765. The summed E-state index contributed by atoms with van der Waals surface area (Å²) in [7, 11) is 0. The molecule has 3 aliphatic rings. The number of carbonyl (C=O) groups excluding carboxylic acids is 2. The van der Waals surface area contributed by atoms with Gasteiger partial charge in [0, 0.05) is 11.5 Å². The lowest BCUT2D eigenvalue weighted by Gasteiger charge is -2.45. The van der Waals surface area contributed by atoms with Crippen molar-refractivity contribution >= 4 is 12.1 Å². The lowest BCUT2D eigenvalue weighted by atomic mass is 9.60. The van der Waals surface area contributed by atoms with Crippen LogP contribution >= 0.6 is 0 Å². The van der Waals surface area contributed by atoms with Crippen LogP contribution in [0.1, 0.15) is 40.0 Å². The molecule has 122 valence electrons. The summed E-state index contributed by atoms with van der Waals surface area (Å²) in [5.74, 6) is 1.72. The third kappa shape index (κ3) is 2.31. The van der Waals surface area contributed by atoms with Crippen molar-refractivity contribution in [3.63, 3.8) is 0 Å². The summed E-state index contributed by atoms with van der Waals surface area (Å²) in [6.07, 6.45) is 2.52. The van der Waals surface area contributed by atoms with Crippen molar-refractivity contribution in [3.05, 3.63) is 11.1 Å². The Labute approximate surface area is 131 Å². The van der Waals surface area contributed by atoms with Gasteiger partial charge in [0.05, 0.1) is 13.2 Å². The van der Waals surface area contributed by atoms with E-state index in [4.69, 9.17) is 14.2 Å². The van der Waals surface area contributed by atoms with Gasteiger partial charge in [-0.05, 0) is 63.4 Å². The molecule has 0 radical (unpaired) electrons. The van der Waals surface area contributed by atoms with Crippen LogP contribution in [0.2, 0.25) is 0 Å². The average molecular weight is 308 g/mol. The van der Waals surface area contributed by atoms with Gasteiger partial charge in [-0.2, -0.15) is 0 Å². The van der Waals surface area contributed by atoms with Gasteiger partial charge in [-0.15, -0.1) is 0 Å². The zero-order valence-corrected chi connectivity index (χ0v) is 13.5. The molecular weight excluding hydrogens is 284 g/mol. The normalized spacial score (nSPS) is 33.0. The molecule has 5 heteroatoms. The minimum absolute atomic E-state index is 0.231. The van der Waals surface area contributed by atoms with Gasteiger partial charge in [0.1, 0.15) is 6.10 Å². The predicted molar refractivity (Wildman–Crippen MR) is 79.0 cm³/mol. The van der Waals surface area contributed by atoms with Crippen molar-refractivity contribution in [2.24, 2.45) is 23.7 Å². The first-order valence-corrected chi connectivity index (χ1v) is 8.32. The number of carbonyl (C=O) groups is 2. The van der Waals surface area contributed by atoms with Gasteiger partial charge in [0.25, 0.3) is 0 Å². The number of hydrogen-bond donors (Lipinski definition) is 0. The molecule has 0 aromatic heterocycles. The van der Waals surface area contributed by atoms with Crippen molar-refractivity contribution < 1.29 is 23.8 Å². The largest absolute Gasteiger partial charge is 0.508 e. The molecule has 0 spiro atoms. The average Bonchev–Trinajstić information content (AvgIpc) is 2.96. The molecular formula is C17H24O5. The molecule has 2 bridgehead atoms. The van der Waals surface area contributed by atoms with E-state index in [-0.39, 0.29) is 12.6 Å². The Morgan fingerprint density at radius 2 is 1.73 bits per heavy atom. The standard InChI is InChI=1S/C17H24O5/c1-4-20-16(18)15-12(9(3)22-17(19)21-5-2)13-10-6-7-11(8-10)14(13)15/h9-11,13-14H,4-8H2,1-3H3/t9-,10-,11+,13-,14-/m0/s1. The van der Waals surface area contributed by atoms with E-state index in [1.165, 1.54) is 19.3 Å². The van der Waals surface area contributed by atoms with Crippen LogP contribution in [0.15, 0.2) is 11.1 Å². The van der Waals surface area contributed by atoms with Crippen molar-refractivity contribution in [3.8, 4) is 0 Å². The molecule has 0 heterocycles. The van der Waals surface area contributed by atoms with Gasteiger partial charge < -0.3 is 14.2 Å². The summed E-state index contributed by atoms with van der Waals surface area (Å²) in [4.78, 5) is 23.9. The molecule has 0 saturated heterocycles. The fourth-order valence-electron chi connectivity index (χ4n) is 4.74. The Balaban J connectivity index is 1.82. The predicted octanol–water partition coefficient (Wildman–Crippen LogP) is 3.08. The Bertz CT molecular complexity index is 509. The zero-order valence-electron chi connectivity index (χ0n) is 13.5. The first-order valence-electron chi connectivity index (χ1n) is 8.32.